The molecular formula is C10H6ClFN2O. The first-order valence-electron chi connectivity index (χ1n) is 4.17. The number of aldehydes is 1. The van der Waals surface area contributed by atoms with Crippen LogP contribution in [0.1, 0.15) is 10.4 Å². The predicted molar refractivity (Wildman–Crippen MR) is 53.9 cm³/mol. The summed E-state index contributed by atoms with van der Waals surface area (Å²) >= 11 is 5.75. The molecule has 3 nitrogen and oxygen atoms in total. The van der Waals surface area contributed by atoms with Crippen molar-refractivity contribution in [2.45, 2.75) is 0 Å². The molecule has 1 aromatic carbocycles. The maximum Gasteiger partial charge on any atom is 0.226 e. The normalized spacial score (nSPS) is 10.3. The molecule has 1 aromatic heterocycles. The number of halogens is 2. The lowest BCUT2D eigenvalue weighted by atomic mass is 10.3. The highest BCUT2D eigenvalue weighted by Crippen LogP contribution is 2.16. The van der Waals surface area contributed by atoms with Crippen molar-refractivity contribution in [2.24, 2.45) is 0 Å². The molecule has 2 rings (SSSR count). The molecule has 5 heteroatoms. The molecule has 0 bridgehead atoms. The number of carbonyl (C=O) groups excluding carboxylic acids is 1. The van der Waals surface area contributed by atoms with E-state index in [1.165, 1.54) is 6.20 Å². The number of nitrogens with zero attached hydrogens (tertiary/aromatic N) is 2. The lowest BCUT2D eigenvalue weighted by Gasteiger charge is -2.01. The van der Waals surface area contributed by atoms with Crippen LogP contribution in [0.3, 0.4) is 0 Å². The zero-order chi connectivity index (χ0) is 10.8. The van der Waals surface area contributed by atoms with Crippen molar-refractivity contribution in [2.75, 3.05) is 0 Å². The van der Waals surface area contributed by atoms with E-state index in [-0.39, 0.29) is 5.56 Å². The molecule has 0 aliphatic rings. The van der Waals surface area contributed by atoms with Crippen molar-refractivity contribution in [3.05, 3.63) is 47.0 Å². The lowest BCUT2D eigenvalue weighted by molar-refractivity contribution is 0.111. The molecule has 15 heavy (non-hydrogen) atoms. The molecule has 0 spiro atoms. The van der Waals surface area contributed by atoms with E-state index in [1.54, 1.807) is 24.3 Å². The van der Waals surface area contributed by atoms with Gasteiger partial charge in [0.1, 0.15) is 0 Å². The molecule has 0 atom stereocenters. The molecule has 0 amide bonds. The fourth-order valence-corrected chi connectivity index (χ4v) is 1.40. The Morgan fingerprint density at radius 3 is 2.87 bits per heavy atom. The van der Waals surface area contributed by atoms with Crippen LogP contribution in [0, 0.1) is 5.95 Å². The van der Waals surface area contributed by atoms with Crippen LogP contribution in [0.2, 0.25) is 5.02 Å². The minimum absolute atomic E-state index is 0.0741. The second-order valence-electron chi connectivity index (χ2n) is 2.90. The van der Waals surface area contributed by atoms with E-state index < -0.39 is 5.95 Å². The van der Waals surface area contributed by atoms with E-state index in [4.69, 9.17) is 11.6 Å². The molecule has 2 aromatic rings. The Bertz CT molecular complexity index is 510. The van der Waals surface area contributed by atoms with Gasteiger partial charge in [0.05, 0.1) is 17.4 Å². The molecule has 0 N–H and O–H groups in total. The van der Waals surface area contributed by atoms with Crippen LogP contribution in [-0.2, 0) is 0 Å². The quantitative estimate of drug-likeness (QED) is 0.735. The third kappa shape index (κ3) is 1.76. The van der Waals surface area contributed by atoms with Gasteiger partial charge in [-0.2, -0.15) is 9.49 Å². The van der Waals surface area contributed by atoms with Gasteiger partial charge in [-0.3, -0.25) is 4.79 Å². The minimum atomic E-state index is -0.688. The third-order valence-electron chi connectivity index (χ3n) is 1.92. The molecule has 0 fully saturated rings. The van der Waals surface area contributed by atoms with E-state index in [0.29, 0.717) is 17.0 Å². The first kappa shape index (κ1) is 9.86. The van der Waals surface area contributed by atoms with Gasteiger partial charge in [-0.25, -0.2) is 4.68 Å². The summed E-state index contributed by atoms with van der Waals surface area (Å²) in [5.41, 5.74) is 0.406. The summed E-state index contributed by atoms with van der Waals surface area (Å²) in [6.45, 7) is 0. The van der Waals surface area contributed by atoms with Gasteiger partial charge in [-0.1, -0.05) is 17.7 Å². The topological polar surface area (TPSA) is 34.9 Å². The molecule has 0 saturated heterocycles. The van der Waals surface area contributed by atoms with Crippen molar-refractivity contribution in [3.8, 4) is 5.69 Å². The van der Waals surface area contributed by atoms with E-state index in [2.05, 4.69) is 5.10 Å². The van der Waals surface area contributed by atoms with E-state index in [9.17, 15) is 9.18 Å². The van der Waals surface area contributed by atoms with Crippen LogP contribution in [0.25, 0.3) is 5.69 Å². The Hall–Kier alpha value is -1.68. The molecule has 0 saturated carbocycles. The monoisotopic (exact) mass is 224 g/mol. The predicted octanol–water partition coefficient (Wildman–Crippen LogP) is 2.48. The van der Waals surface area contributed by atoms with Crippen molar-refractivity contribution < 1.29 is 9.18 Å². The highest BCUT2D eigenvalue weighted by Gasteiger charge is 2.10. The smallest absolute Gasteiger partial charge is 0.226 e. The molecule has 0 aliphatic carbocycles. The largest absolute Gasteiger partial charge is 0.298 e. The van der Waals surface area contributed by atoms with Crippen LogP contribution < -0.4 is 0 Å². The van der Waals surface area contributed by atoms with Crippen LogP contribution in [0.15, 0.2) is 30.5 Å². The summed E-state index contributed by atoms with van der Waals surface area (Å²) in [7, 11) is 0. The van der Waals surface area contributed by atoms with E-state index >= 15 is 0 Å². The van der Waals surface area contributed by atoms with Gasteiger partial charge >= 0.3 is 0 Å². The molecule has 0 radical (unpaired) electrons. The zero-order valence-electron chi connectivity index (χ0n) is 7.52. The number of aromatic nitrogens is 2. The number of hydrogen-bond donors (Lipinski definition) is 0. The Morgan fingerprint density at radius 2 is 2.27 bits per heavy atom. The summed E-state index contributed by atoms with van der Waals surface area (Å²) in [6.07, 6.45) is 1.59. The average Bonchev–Trinajstić information content (AvgIpc) is 2.59. The van der Waals surface area contributed by atoms with Crippen molar-refractivity contribution in [1.29, 1.82) is 0 Å². The maximum absolute atomic E-state index is 13.5. The SMILES string of the molecule is O=Cc1cnn(-c2cccc(Cl)c2)c1F. The first-order chi connectivity index (χ1) is 7.22. The minimum Gasteiger partial charge on any atom is -0.298 e. The van der Waals surface area contributed by atoms with Crippen LogP contribution in [-0.4, -0.2) is 16.1 Å². The highest BCUT2D eigenvalue weighted by molar-refractivity contribution is 6.30. The Kier molecular flexibility index (Phi) is 2.51. The standard InChI is InChI=1S/C10H6ClFN2O/c11-8-2-1-3-9(4-8)14-10(12)7(6-15)5-13-14/h1-6H. The van der Waals surface area contributed by atoms with Gasteiger partial charge in [0.25, 0.3) is 0 Å². The summed E-state index contributed by atoms with van der Waals surface area (Å²) < 4.78 is 14.5. The van der Waals surface area contributed by atoms with Crippen LogP contribution in [0.5, 0.6) is 0 Å². The molecule has 0 unspecified atom stereocenters. The second kappa shape index (κ2) is 3.82. The van der Waals surface area contributed by atoms with Gasteiger partial charge in [0.2, 0.25) is 5.95 Å². The highest BCUT2D eigenvalue weighted by atomic mass is 35.5. The van der Waals surface area contributed by atoms with Crippen LogP contribution in [0.4, 0.5) is 4.39 Å². The molecule has 1 heterocycles. The molecule has 76 valence electrons. The summed E-state index contributed by atoms with van der Waals surface area (Å²) in [6, 6.07) is 6.56. The number of benzene rings is 1. The Labute approximate surface area is 90.1 Å². The van der Waals surface area contributed by atoms with Crippen LogP contribution >= 0.6 is 11.6 Å². The van der Waals surface area contributed by atoms with E-state index in [1.807, 2.05) is 0 Å². The average molecular weight is 225 g/mol. The fraction of sp³-hybridized carbons (Fsp3) is 0. The van der Waals surface area contributed by atoms with Crippen molar-refractivity contribution in [1.82, 2.24) is 9.78 Å². The maximum atomic E-state index is 13.5. The molecular weight excluding hydrogens is 219 g/mol. The van der Waals surface area contributed by atoms with Gasteiger partial charge in [0.15, 0.2) is 6.29 Å². The van der Waals surface area contributed by atoms with E-state index in [0.717, 1.165) is 4.68 Å². The Balaban J connectivity index is 2.54. The zero-order valence-corrected chi connectivity index (χ0v) is 8.28. The van der Waals surface area contributed by atoms with Gasteiger partial charge in [0, 0.05) is 5.02 Å². The van der Waals surface area contributed by atoms with Gasteiger partial charge in [-0.15, -0.1) is 0 Å². The van der Waals surface area contributed by atoms with Gasteiger partial charge in [-0.05, 0) is 18.2 Å². The van der Waals surface area contributed by atoms with Crippen molar-refractivity contribution in [3.63, 3.8) is 0 Å². The summed E-state index contributed by atoms with van der Waals surface area (Å²) in [5, 5.41) is 4.23. The first-order valence-corrected chi connectivity index (χ1v) is 4.55. The molecule has 0 aliphatic heterocycles. The third-order valence-corrected chi connectivity index (χ3v) is 2.15. The summed E-state index contributed by atoms with van der Waals surface area (Å²) in [4.78, 5) is 10.4. The van der Waals surface area contributed by atoms with Gasteiger partial charge < -0.3 is 0 Å². The fourth-order valence-electron chi connectivity index (χ4n) is 1.21. The number of carbonyl (C=O) groups is 1. The lowest BCUT2D eigenvalue weighted by Crippen LogP contribution is -2.00. The second-order valence-corrected chi connectivity index (χ2v) is 3.34. The summed E-state index contributed by atoms with van der Waals surface area (Å²) in [5.74, 6) is -0.688. The van der Waals surface area contributed by atoms with Crippen molar-refractivity contribution >= 4 is 17.9 Å². The number of rotatable bonds is 2. The number of hydrogen-bond acceptors (Lipinski definition) is 2. The Morgan fingerprint density at radius 1 is 1.47 bits per heavy atom.